The van der Waals surface area contributed by atoms with Gasteiger partial charge in [0.1, 0.15) is 0 Å². The standard InChI is InChI=1S/C15H17N7O2S/c1-22(2)13-7-14(20-18-8-13)19-11-3-5-12(6-4-11)21-25(23,24)15-9-16-10-17-15/h3-10,21H,1-2H3,(H,16,17)(H,19,20). The maximum Gasteiger partial charge on any atom is 0.278 e. The Kier molecular flexibility index (Phi) is 4.52. The first-order valence-corrected chi connectivity index (χ1v) is 8.81. The van der Waals surface area contributed by atoms with Gasteiger partial charge < -0.3 is 15.2 Å². The average Bonchev–Trinajstić information content (AvgIpc) is 3.12. The number of H-pyrrole nitrogens is 1. The predicted molar refractivity (Wildman–Crippen MR) is 95.5 cm³/mol. The molecule has 2 heterocycles. The van der Waals surface area contributed by atoms with Gasteiger partial charge >= 0.3 is 0 Å². The second kappa shape index (κ2) is 6.77. The van der Waals surface area contributed by atoms with E-state index < -0.39 is 10.0 Å². The molecule has 3 aromatic rings. The molecular weight excluding hydrogens is 342 g/mol. The van der Waals surface area contributed by atoms with Crippen molar-refractivity contribution in [2.75, 3.05) is 29.0 Å². The van der Waals surface area contributed by atoms with Gasteiger partial charge in [-0.2, -0.15) is 13.5 Å². The molecule has 0 bridgehead atoms. The normalized spacial score (nSPS) is 11.1. The molecule has 0 aliphatic rings. The number of anilines is 4. The highest BCUT2D eigenvalue weighted by atomic mass is 32.2. The lowest BCUT2D eigenvalue weighted by atomic mass is 10.3. The lowest BCUT2D eigenvalue weighted by molar-refractivity contribution is 0.598. The summed E-state index contributed by atoms with van der Waals surface area (Å²) in [7, 11) is 0.163. The Morgan fingerprint density at radius 2 is 1.80 bits per heavy atom. The third kappa shape index (κ3) is 4.04. The molecule has 0 fully saturated rings. The van der Waals surface area contributed by atoms with Crippen LogP contribution in [0.25, 0.3) is 0 Å². The minimum absolute atomic E-state index is 0.00507. The van der Waals surface area contributed by atoms with Crippen LogP contribution in [0.2, 0.25) is 0 Å². The van der Waals surface area contributed by atoms with E-state index in [4.69, 9.17) is 0 Å². The lowest BCUT2D eigenvalue weighted by Crippen LogP contribution is -2.13. The van der Waals surface area contributed by atoms with Crippen LogP contribution < -0.4 is 14.9 Å². The summed E-state index contributed by atoms with van der Waals surface area (Å²) in [6.45, 7) is 0. The van der Waals surface area contributed by atoms with E-state index in [1.807, 2.05) is 25.1 Å². The molecule has 0 aliphatic carbocycles. The fraction of sp³-hybridized carbons (Fsp3) is 0.133. The highest BCUT2D eigenvalue weighted by Crippen LogP contribution is 2.21. The number of rotatable bonds is 6. The number of benzene rings is 1. The van der Waals surface area contributed by atoms with Gasteiger partial charge in [-0.05, 0) is 24.3 Å². The molecule has 3 N–H and O–H groups in total. The Labute approximate surface area is 145 Å². The Balaban J connectivity index is 1.71. The van der Waals surface area contributed by atoms with Crippen LogP contribution in [0.3, 0.4) is 0 Å². The minimum Gasteiger partial charge on any atom is -0.376 e. The van der Waals surface area contributed by atoms with Gasteiger partial charge in [0.25, 0.3) is 10.0 Å². The second-order valence-corrected chi connectivity index (χ2v) is 7.07. The molecule has 0 saturated carbocycles. The van der Waals surface area contributed by atoms with E-state index in [1.54, 1.807) is 30.5 Å². The minimum atomic E-state index is -3.67. The Morgan fingerprint density at radius 3 is 2.44 bits per heavy atom. The molecule has 0 radical (unpaired) electrons. The van der Waals surface area contributed by atoms with E-state index in [9.17, 15) is 8.42 Å². The molecule has 2 aromatic heterocycles. The summed E-state index contributed by atoms with van der Waals surface area (Å²) in [5.74, 6) is 0.594. The highest BCUT2D eigenvalue weighted by Gasteiger charge is 2.15. The van der Waals surface area contributed by atoms with Crippen molar-refractivity contribution in [3.63, 3.8) is 0 Å². The van der Waals surface area contributed by atoms with Gasteiger partial charge in [0.15, 0.2) is 10.8 Å². The van der Waals surface area contributed by atoms with Gasteiger partial charge in [0.05, 0.1) is 24.4 Å². The molecule has 0 spiro atoms. The summed E-state index contributed by atoms with van der Waals surface area (Å²) in [5, 5.41) is 11.1. The zero-order chi connectivity index (χ0) is 17.9. The van der Waals surface area contributed by atoms with E-state index >= 15 is 0 Å². The zero-order valence-corrected chi connectivity index (χ0v) is 14.4. The van der Waals surface area contributed by atoms with Gasteiger partial charge in [-0.25, -0.2) is 4.98 Å². The first-order valence-electron chi connectivity index (χ1n) is 7.32. The molecule has 0 saturated heterocycles. The number of sulfonamides is 1. The third-order valence-electron chi connectivity index (χ3n) is 3.33. The highest BCUT2D eigenvalue weighted by molar-refractivity contribution is 7.92. The van der Waals surface area contributed by atoms with Gasteiger partial charge in [-0.15, -0.1) is 5.10 Å². The third-order valence-corrected chi connectivity index (χ3v) is 4.64. The van der Waals surface area contributed by atoms with Crippen LogP contribution in [0.15, 0.2) is 54.1 Å². The van der Waals surface area contributed by atoms with E-state index in [0.29, 0.717) is 11.5 Å². The van der Waals surface area contributed by atoms with E-state index in [2.05, 4.69) is 30.2 Å². The van der Waals surface area contributed by atoms with Crippen molar-refractivity contribution < 1.29 is 8.42 Å². The van der Waals surface area contributed by atoms with E-state index in [0.717, 1.165) is 11.4 Å². The number of nitrogens with one attached hydrogen (secondary N) is 3. The van der Waals surface area contributed by atoms with Crippen molar-refractivity contribution in [3.8, 4) is 0 Å². The number of hydrogen-bond acceptors (Lipinski definition) is 7. The summed E-state index contributed by atoms with van der Waals surface area (Å²) >= 11 is 0. The largest absolute Gasteiger partial charge is 0.376 e. The second-order valence-electron chi connectivity index (χ2n) is 5.42. The summed E-state index contributed by atoms with van der Waals surface area (Å²) in [5.41, 5.74) is 2.12. The Bertz CT molecular complexity index is 938. The van der Waals surface area contributed by atoms with Crippen LogP contribution in [-0.2, 0) is 10.0 Å². The first kappa shape index (κ1) is 16.7. The summed E-state index contributed by atoms with van der Waals surface area (Å²) < 4.78 is 26.7. The summed E-state index contributed by atoms with van der Waals surface area (Å²) in [4.78, 5) is 8.20. The van der Waals surface area contributed by atoms with Crippen LogP contribution in [-0.4, -0.2) is 42.7 Å². The number of aromatic nitrogens is 4. The molecule has 9 nitrogen and oxygen atoms in total. The van der Waals surface area contributed by atoms with Gasteiger partial charge in [0, 0.05) is 31.5 Å². The van der Waals surface area contributed by atoms with E-state index in [-0.39, 0.29) is 5.03 Å². The summed E-state index contributed by atoms with van der Waals surface area (Å²) in [6, 6.07) is 8.66. The smallest absolute Gasteiger partial charge is 0.278 e. The lowest BCUT2D eigenvalue weighted by Gasteiger charge is -2.13. The van der Waals surface area contributed by atoms with Crippen LogP contribution in [0.1, 0.15) is 0 Å². The topological polar surface area (TPSA) is 116 Å². The molecule has 1 aromatic carbocycles. The molecule has 0 unspecified atom stereocenters. The van der Waals surface area contributed by atoms with Crippen LogP contribution in [0.5, 0.6) is 0 Å². The maximum atomic E-state index is 12.1. The molecule has 0 atom stereocenters. The van der Waals surface area contributed by atoms with Crippen molar-refractivity contribution in [1.29, 1.82) is 0 Å². The van der Waals surface area contributed by atoms with Crippen molar-refractivity contribution in [1.82, 2.24) is 20.2 Å². The average molecular weight is 359 g/mol. The number of imidazole rings is 1. The Hall–Kier alpha value is -3.14. The maximum absolute atomic E-state index is 12.1. The SMILES string of the molecule is CN(C)c1cnnc(Nc2ccc(NS(=O)(=O)c3cnc[nH]3)cc2)c1. The van der Waals surface area contributed by atoms with E-state index in [1.165, 1.54) is 12.5 Å². The van der Waals surface area contributed by atoms with Crippen molar-refractivity contribution in [2.24, 2.45) is 0 Å². The van der Waals surface area contributed by atoms with Crippen LogP contribution in [0, 0.1) is 0 Å². The van der Waals surface area contributed by atoms with Gasteiger partial charge in [-0.3, -0.25) is 4.72 Å². The number of aromatic amines is 1. The molecule has 10 heteroatoms. The van der Waals surface area contributed by atoms with Crippen molar-refractivity contribution in [3.05, 3.63) is 49.1 Å². The van der Waals surface area contributed by atoms with Crippen molar-refractivity contribution >= 4 is 32.9 Å². The quantitative estimate of drug-likeness (QED) is 0.614. The fourth-order valence-corrected chi connectivity index (χ4v) is 3.00. The zero-order valence-electron chi connectivity index (χ0n) is 13.6. The predicted octanol–water partition coefficient (Wildman–Crippen LogP) is 1.81. The monoisotopic (exact) mass is 359 g/mol. The van der Waals surface area contributed by atoms with Gasteiger partial charge in [-0.1, -0.05) is 0 Å². The molecule has 0 aliphatic heterocycles. The molecule has 0 amide bonds. The molecule has 3 rings (SSSR count). The first-order chi connectivity index (χ1) is 11.9. The van der Waals surface area contributed by atoms with Crippen LogP contribution in [0.4, 0.5) is 22.9 Å². The summed E-state index contributed by atoms with van der Waals surface area (Å²) in [6.07, 6.45) is 4.22. The Morgan fingerprint density at radius 1 is 1.08 bits per heavy atom. The fourth-order valence-electron chi connectivity index (χ4n) is 2.03. The van der Waals surface area contributed by atoms with Crippen LogP contribution >= 0.6 is 0 Å². The number of nitrogens with zero attached hydrogens (tertiary/aromatic N) is 4. The number of hydrogen-bond donors (Lipinski definition) is 3. The van der Waals surface area contributed by atoms with Crippen molar-refractivity contribution in [2.45, 2.75) is 5.03 Å². The molecule has 25 heavy (non-hydrogen) atoms. The molecule has 130 valence electrons. The molecular formula is C15H17N7O2S. The van der Waals surface area contributed by atoms with Gasteiger partial charge in [0.2, 0.25) is 0 Å².